The number of rotatable bonds is 2. The van der Waals surface area contributed by atoms with E-state index in [1.807, 2.05) is 0 Å². The van der Waals surface area contributed by atoms with Crippen LogP contribution >= 0.6 is 0 Å². The van der Waals surface area contributed by atoms with Crippen LogP contribution in [0.15, 0.2) is 24.3 Å². The first-order valence-electron chi connectivity index (χ1n) is 8.54. The number of ether oxygens (including phenoxy) is 1. The lowest BCUT2D eigenvalue weighted by Gasteiger charge is -2.46. The molecule has 0 aromatic heterocycles. The van der Waals surface area contributed by atoms with E-state index in [9.17, 15) is 0 Å². The summed E-state index contributed by atoms with van der Waals surface area (Å²) in [5.74, 6) is 1.66. The molecule has 1 saturated heterocycles. The van der Waals surface area contributed by atoms with Gasteiger partial charge in [0.2, 0.25) is 0 Å². The van der Waals surface area contributed by atoms with Crippen LogP contribution in [-0.4, -0.2) is 43.2 Å². The van der Waals surface area contributed by atoms with Gasteiger partial charge in [-0.25, -0.2) is 0 Å². The van der Waals surface area contributed by atoms with E-state index >= 15 is 0 Å². The average Bonchev–Trinajstić information content (AvgIpc) is 2.92. The van der Waals surface area contributed by atoms with Crippen LogP contribution in [0.5, 0.6) is 5.75 Å². The van der Waals surface area contributed by atoms with Crippen LogP contribution in [0, 0.1) is 0 Å². The summed E-state index contributed by atoms with van der Waals surface area (Å²) >= 11 is 0. The lowest BCUT2D eigenvalue weighted by Crippen LogP contribution is -2.61. The van der Waals surface area contributed by atoms with Gasteiger partial charge >= 0.3 is 0 Å². The lowest BCUT2D eigenvalue weighted by atomic mass is 9.80. The van der Waals surface area contributed by atoms with Gasteiger partial charge in [0.15, 0.2) is 0 Å². The predicted molar refractivity (Wildman–Crippen MR) is 84.9 cm³/mol. The standard InChI is InChI=1S/C18H26N2O/c1-4-8-18(9-5-1)14-20(11-10-19-18)12-15-13-21-17-7-3-2-6-16(15)17/h2-3,6-7,15,19H,1,4-5,8-14H2. The smallest absolute Gasteiger partial charge is 0.122 e. The molecule has 0 amide bonds. The second kappa shape index (κ2) is 5.62. The third-order valence-corrected chi connectivity index (χ3v) is 5.54. The van der Waals surface area contributed by atoms with Crippen molar-refractivity contribution >= 4 is 0 Å². The fourth-order valence-electron chi connectivity index (χ4n) is 4.45. The zero-order valence-electron chi connectivity index (χ0n) is 12.8. The molecule has 3 aliphatic rings. The van der Waals surface area contributed by atoms with Crippen molar-refractivity contribution in [2.45, 2.75) is 43.6 Å². The molecule has 0 radical (unpaired) electrons. The first kappa shape index (κ1) is 13.6. The number of piperazine rings is 1. The van der Waals surface area contributed by atoms with Crippen LogP contribution < -0.4 is 10.1 Å². The van der Waals surface area contributed by atoms with Crippen molar-refractivity contribution < 1.29 is 4.74 Å². The molecule has 3 heteroatoms. The highest BCUT2D eigenvalue weighted by molar-refractivity contribution is 5.39. The fourth-order valence-corrected chi connectivity index (χ4v) is 4.45. The molecular weight excluding hydrogens is 260 g/mol. The Kier molecular flexibility index (Phi) is 3.64. The van der Waals surface area contributed by atoms with E-state index in [1.165, 1.54) is 50.8 Å². The molecule has 1 aromatic rings. The van der Waals surface area contributed by atoms with Gasteiger partial charge in [0.05, 0.1) is 6.61 Å². The number of hydrogen-bond acceptors (Lipinski definition) is 3. The number of fused-ring (bicyclic) bond motifs is 1. The molecule has 4 rings (SSSR count). The van der Waals surface area contributed by atoms with Crippen molar-refractivity contribution in [2.24, 2.45) is 0 Å². The quantitative estimate of drug-likeness (QED) is 0.905. The fraction of sp³-hybridized carbons (Fsp3) is 0.667. The number of nitrogens with zero attached hydrogens (tertiary/aromatic N) is 1. The first-order valence-corrected chi connectivity index (χ1v) is 8.54. The predicted octanol–water partition coefficient (Wildman–Crippen LogP) is 2.77. The molecule has 1 aliphatic carbocycles. The van der Waals surface area contributed by atoms with Gasteiger partial charge in [0, 0.05) is 43.2 Å². The van der Waals surface area contributed by atoms with E-state index in [0.29, 0.717) is 11.5 Å². The summed E-state index contributed by atoms with van der Waals surface area (Å²) in [5, 5.41) is 3.84. The van der Waals surface area contributed by atoms with Gasteiger partial charge in [-0.3, -0.25) is 4.90 Å². The summed E-state index contributed by atoms with van der Waals surface area (Å²) in [6, 6.07) is 8.56. The molecule has 0 bridgehead atoms. The van der Waals surface area contributed by atoms with Crippen molar-refractivity contribution in [2.75, 3.05) is 32.8 Å². The van der Waals surface area contributed by atoms with Crippen molar-refractivity contribution in [3.05, 3.63) is 29.8 Å². The van der Waals surface area contributed by atoms with Crippen molar-refractivity contribution in [1.82, 2.24) is 10.2 Å². The lowest BCUT2D eigenvalue weighted by molar-refractivity contribution is 0.0924. The van der Waals surface area contributed by atoms with Crippen LogP contribution in [0.25, 0.3) is 0 Å². The maximum absolute atomic E-state index is 5.85. The Bertz CT molecular complexity index is 490. The highest BCUT2D eigenvalue weighted by Gasteiger charge is 2.37. The molecule has 3 nitrogen and oxygen atoms in total. The first-order chi connectivity index (χ1) is 10.3. The normalized spacial score (nSPS) is 28.3. The van der Waals surface area contributed by atoms with Crippen LogP contribution in [0.2, 0.25) is 0 Å². The Morgan fingerprint density at radius 1 is 1.19 bits per heavy atom. The van der Waals surface area contributed by atoms with E-state index in [2.05, 4.69) is 34.5 Å². The topological polar surface area (TPSA) is 24.5 Å². The highest BCUT2D eigenvalue weighted by atomic mass is 16.5. The molecule has 2 fully saturated rings. The summed E-state index contributed by atoms with van der Waals surface area (Å²) in [6.07, 6.45) is 6.95. The zero-order chi connectivity index (χ0) is 14.1. The molecular formula is C18H26N2O. The second-order valence-electron chi connectivity index (χ2n) is 7.05. The molecule has 1 atom stereocenters. The van der Waals surface area contributed by atoms with Crippen molar-refractivity contribution in [3.63, 3.8) is 0 Å². The number of nitrogens with one attached hydrogen (secondary N) is 1. The minimum atomic E-state index is 0.412. The Labute approximate surface area is 127 Å². The second-order valence-corrected chi connectivity index (χ2v) is 7.05. The summed E-state index contributed by atoms with van der Waals surface area (Å²) in [4.78, 5) is 2.68. The molecule has 1 N–H and O–H groups in total. The molecule has 21 heavy (non-hydrogen) atoms. The molecule has 2 aliphatic heterocycles. The summed E-state index contributed by atoms with van der Waals surface area (Å²) in [6.45, 7) is 5.57. The maximum atomic E-state index is 5.85. The van der Waals surface area contributed by atoms with Gasteiger partial charge in [0.1, 0.15) is 5.75 Å². The molecule has 1 spiro atoms. The van der Waals surface area contributed by atoms with E-state index in [1.54, 1.807) is 0 Å². The van der Waals surface area contributed by atoms with E-state index in [4.69, 9.17) is 4.74 Å². The van der Waals surface area contributed by atoms with Gasteiger partial charge in [-0.2, -0.15) is 0 Å². The van der Waals surface area contributed by atoms with Crippen LogP contribution in [0.3, 0.4) is 0 Å². The van der Waals surface area contributed by atoms with E-state index in [-0.39, 0.29) is 0 Å². The maximum Gasteiger partial charge on any atom is 0.122 e. The third-order valence-electron chi connectivity index (χ3n) is 5.54. The minimum absolute atomic E-state index is 0.412. The van der Waals surface area contributed by atoms with Gasteiger partial charge in [-0.05, 0) is 18.9 Å². The Balaban J connectivity index is 1.43. The molecule has 114 valence electrons. The summed E-state index contributed by atoms with van der Waals surface area (Å²) < 4.78 is 5.85. The molecule has 2 heterocycles. The van der Waals surface area contributed by atoms with Crippen molar-refractivity contribution in [1.29, 1.82) is 0 Å². The number of benzene rings is 1. The molecule has 1 aromatic carbocycles. The number of para-hydroxylation sites is 1. The SMILES string of the molecule is c1ccc2c(c1)OCC2CN1CCNC2(CCCCC2)C1. The summed E-state index contributed by atoms with van der Waals surface area (Å²) in [7, 11) is 0. The summed E-state index contributed by atoms with van der Waals surface area (Å²) in [5.41, 5.74) is 1.82. The van der Waals surface area contributed by atoms with E-state index in [0.717, 1.165) is 25.4 Å². The Hall–Kier alpha value is -1.06. The van der Waals surface area contributed by atoms with Gasteiger partial charge < -0.3 is 10.1 Å². The molecule has 1 unspecified atom stereocenters. The molecule has 1 saturated carbocycles. The average molecular weight is 286 g/mol. The Morgan fingerprint density at radius 3 is 2.95 bits per heavy atom. The van der Waals surface area contributed by atoms with Crippen LogP contribution in [0.1, 0.15) is 43.6 Å². The Morgan fingerprint density at radius 2 is 2.05 bits per heavy atom. The van der Waals surface area contributed by atoms with Gasteiger partial charge in [0.25, 0.3) is 0 Å². The largest absolute Gasteiger partial charge is 0.493 e. The third kappa shape index (κ3) is 2.69. The number of hydrogen-bond donors (Lipinski definition) is 1. The van der Waals surface area contributed by atoms with Crippen LogP contribution in [0.4, 0.5) is 0 Å². The van der Waals surface area contributed by atoms with Gasteiger partial charge in [-0.15, -0.1) is 0 Å². The van der Waals surface area contributed by atoms with Crippen LogP contribution in [-0.2, 0) is 0 Å². The zero-order valence-corrected chi connectivity index (χ0v) is 12.8. The highest BCUT2D eigenvalue weighted by Crippen LogP contribution is 2.35. The van der Waals surface area contributed by atoms with Gasteiger partial charge in [-0.1, -0.05) is 37.5 Å². The monoisotopic (exact) mass is 286 g/mol. The van der Waals surface area contributed by atoms with E-state index < -0.39 is 0 Å². The van der Waals surface area contributed by atoms with Crippen molar-refractivity contribution in [3.8, 4) is 5.75 Å². The minimum Gasteiger partial charge on any atom is -0.493 e.